The van der Waals surface area contributed by atoms with Gasteiger partial charge < -0.3 is 4.74 Å². The fourth-order valence-corrected chi connectivity index (χ4v) is 5.24. The molecule has 8 heteroatoms. The Morgan fingerprint density at radius 3 is 2.67 bits per heavy atom. The molecule has 0 fully saturated rings. The number of nitrogens with zero attached hydrogens (tertiary/aromatic N) is 1. The van der Waals surface area contributed by atoms with Crippen LogP contribution >= 0.6 is 22.7 Å². The smallest absolute Gasteiger partial charge is 0.416 e. The van der Waals surface area contributed by atoms with E-state index in [4.69, 9.17) is 4.74 Å². The highest BCUT2D eigenvalue weighted by molar-refractivity contribution is 7.21. The Hall–Kier alpha value is -2.71. The van der Waals surface area contributed by atoms with Gasteiger partial charge in [0.2, 0.25) is 0 Å². The lowest BCUT2D eigenvalue weighted by atomic mass is 10.1. The summed E-state index contributed by atoms with van der Waals surface area (Å²) in [5, 5.41) is 1.70. The van der Waals surface area contributed by atoms with Gasteiger partial charge in [-0.1, -0.05) is 36.4 Å². The van der Waals surface area contributed by atoms with Crippen LogP contribution in [0, 0.1) is 0 Å². The summed E-state index contributed by atoms with van der Waals surface area (Å²) in [5.41, 5.74) is 0.862. The lowest BCUT2D eigenvalue weighted by molar-refractivity contribution is -0.137. The summed E-state index contributed by atoms with van der Waals surface area (Å²) >= 11 is 2.79. The van der Waals surface area contributed by atoms with Gasteiger partial charge in [-0.25, -0.2) is 9.78 Å². The Bertz CT molecular complexity index is 1210. The number of hydrogen-bond acceptors (Lipinski definition) is 5. The van der Waals surface area contributed by atoms with Gasteiger partial charge in [-0.3, -0.25) is 0 Å². The maximum absolute atomic E-state index is 13.0. The zero-order valence-corrected chi connectivity index (χ0v) is 17.5. The molecule has 0 aliphatic heterocycles. The number of ether oxygens (including phenoxy) is 1. The number of thiophene rings is 1. The number of fused-ring (bicyclic) bond motifs is 1. The predicted octanol–water partition coefficient (Wildman–Crippen LogP) is 6.81. The predicted molar refractivity (Wildman–Crippen MR) is 113 cm³/mol. The first-order chi connectivity index (χ1) is 14.3. The molecular formula is C22H16F3NO2S2. The van der Waals surface area contributed by atoms with Gasteiger partial charge in [0, 0.05) is 21.6 Å². The third kappa shape index (κ3) is 4.24. The topological polar surface area (TPSA) is 39.2 Å². The van der Waals surface area contributed by atoms with Crippen molar-refractivity contribution in [1.82, 2.24) is 4.98 Å². The second kappa shape index (κ2) is 8.20. The molecule has 0 spiro atoms. The minimum absolute atomic E-state index is 0.297. The summed E-state index contributed by atoms with van der Waals surface area (Å²) < 4.78 is 45.0. The lowest BCUT2D eigenvalue weighted by Crippen LogP contribution is -2.05. The van der Waals surface area contributed by atoms with E-state index in [0.29, 0.717) is 28.5 Å². The standard InChI is InChI=1S/C22H16F3NO2S2/c1-2-28-21(27)18-12-26-20(30-18)17-8-4-6-14-11-16(29-19(14)17)10-13-5-3-7-15(9-13)22(23,24)25/h3-9,11-12H,2,10H2,1H3. The molecule has 3 nitrogen and oxygen atoms in total. The monoisotopic (exact) mass is 447 g/mol. The first-order valence-electron chi connectivity index (χ1n) is 9.16. The molecule has 4 rings (SSSR count). The van der Waals surface area contributed by atoms with Crippen LogP contribution in [0.25, 0.3) is 20.7 Å². The van der Waals surface area contributed by atoms with E-state index >= 15 is 0 Å². The number of carbonyl (C=O) groups excluding carboxylic acids is 1. The van der Waals surface area contributed by atoms with Crippen LogP contribution in [0.1, 0.15) is 32.6 Å². The molecule has 0 amide bonds. The average Bonchev–Trinajstić information content (AvgIpc) is 3.34. The largest absolute Gasteiger partial charge is 0.462 e. The molecule has 0 unspecified atom stereocenters. The van der Waals surface area contributed by atoms with E-state index in [0.717, 1.165) is 26.6 Å². The van der Waals surface area contributed by atoms with Crippen LogP contribution in [0.4, 0.5) is 13.2 Å². The molecule has 154 valence electrons. The zero-order chi connectivity index (χ0) is 21.3. The van der Waals surface area contributed by atoms with Crippen LogP contribution in [-0.4, -0.2) is 17.6 Å². The van der Waals surface area contributed by atoms with Crippen LogP contribution in [0.3, 0.4) is 0 Å². The van der Waals surface area contributed by atoms with E-state index in [1.807, 2.05) is 24.3 Å². The van der Waals surface area contributed by atoms with Crippen LogP contribution in [-0.2, 0) is 17.3 Å². The molecule has 0 aliphatic rings. The molecule has 0 N–H and O–H groups in total. The Morgan fingerprint density at radius 2 is 1.90 bits per heavy atom. The van der Waals surface area contributed by atoms with Crippen LogP contribution in [0.2, 0.25) is 0 Å². The van der Waals surface area contributed by atoms with E-state index in [2.05, 4.69) is 4.98 Å². The summed E-state index contributed by atoms with van der Waals surface area (Å²) in [6.07, 6.45) is -2.44. The second-order valence-electron chi connectivity index (χ2n) is 6.56. The van der Waals surface area contributed by atoms with Gasteiger partial charge in [-0.05, 0) is 30.0 Å². The van der Waals surface area contributed by atoms with Crippen molar-refractivity contribution >= 4 is 38.7 Å². The fraction of sp³-hybridized carbons (Fsp3) is 0.182. The highest BCUT2D eigenvalue weighted by Gasteiger charge is 2.30. The SMILES string of the molecule is CCOC(=O)c1cnc(-c2cccc3cc(Cc4cccc(C(F)(F)F)c4)sc23)s1. The minimum Gasteiger partial charge on any atom is -0.462 e. The van der Waals surface area contributed by atoms with Gasteiger partial charge in [-0.15, -0.1) is 22.7 Å². The first kappa shape index (κ1) is 20.6. The molecule has 0 bridgehead atoms. The van der Waals surface area contributed by atoms with Crippen molar-refractivity contribution in [3.63, 3.8) is 0 Å². The maximum atomic E-state index is 13.0. The summed E-state index contributed by atoms with van der Waals surface area (Å²) in [4.78, 5) is 17.7. The van der Waals surface area contributed by atoms with E-state index in [9.17, 15) is 18.0 Å². The summed E-state index contributed by atoms with van der Waals surface area (Å²) in [7, 11) is 0. The van der Waals surface area contributed by atoms with Crippen molar-refractivity contribution in [1.29, 1.82) is 0 Å². The number of esters is 1. The van der Waals surface area contributed by atoms with Crippen LogP contribution in [0.5, 0.6) is 0 Å². The second-order valence-corrected chi connectivity index (χ2v) is 8.73. The van der Waals surface area contributed by atoms with Crippen molar-refractivity contribution in [2.24, 2.45) is 0 Å². The van der Waals surface area contributed by atoms with E-state index in [-0.39, 0.29) is 0 Å². The molecule has 30 heavy (non-hydrogen) atoms. The van der Waals surface area contributed by atoms with E-state index < -0.39 is 17.7 Å². The average molecular weight is 448 g/mol. The van der Waals surface area contributed by atoms with Gasteiger partial charge in [0.25, 0.3) is 0 Å². The molecular weight excluding hydrogens is 431 g/mol. The van der Waals surface area contributed by atoms with Gasteiger partial charge >= 0.3 is 12.1 Å². The van der Waals surface area contributed by atoms with Crippen molar-refractivity contribution < 1.29 is 22.7 Å². The number of carbonyl (C=O) groups is 1. The number of alkyl halides is 3. The molecule has 4 aromatic rings. The number of benzene rings is 2. The Balaban J connectivity index is 1.66. The first-order valence-corrected chi connectivity index (χ1v) is 10.8. The van der Waals surface area contributed by atoms with Gasteiger partial charge in [0.1, 0.15) is 9.88 Å². The maximum Gasteiger partial charge on any atom is 0.416 e. The number of halogens is 3. The number of aromatic nitrogens is 1. The van der Waals surface area contributed by atoms with Crippen LogP contribution < -0.4 is 0 Å². The molecule has 0 aliphatic carbocycles. The van der Waals surface area contributed by atoms with Crippen LogP contribution in [0.15, 0.2) is 54.7 Å². The number of rotatable bonds is 5. The summed E-state index contributed by atoms with van der Waals surface area (Å²) in [6.45, 7) is 2.05. The third-order valence-electron chi connectivity index (χ3n) is 4.44. The highest BCUT2D eigenvalue weighted by Crippen LogP contribution is 2.38. The van der Waals surface area contributed by atoms with Crippen molar-refractivity contribution in [2.75, 3.05) is 6.61 Å². The van der Waals surface area contributed by atoms with Gasteiger partial charge in [-0.2, -0.15) is 13.2 Å². The normalized spacial score (nSPS) is 11.7. The molecule has 2 aromatic heterocycles. The molecule has 0 radical (unpaired) electrons. The molecule has 0 saturated carbocycles. The van der Waals surface area contributed by atoms with Crippen molar-refractivity contribution in [3.05, 3.63) is 75.6 Å². The van der Waals surface area contributed by atoms with Gasteiger partial charge in [0.15, 0.2) is 0 Å². The number of thiazole rings is 1. The summed E-state index contributed by atoms with van der Waals surface area (Å²) in [6, 6.07) is 13.2. The summed E-state index contributed by atoms with van der Waals surface area (Å²) in [5.74, 6) is -0.398. The molecule has 2 heterocycles. The molecule has 2 aromatic carbocycles. The zero-order valence-electron chi connectivity index (χ0n) is 15.8. The third-order valence-corrected chi connectivity index (χ3v) is 6.64. The van der Waals surface area contributed by atoms with E-state index in [1.165, 1.54) is 41.0 Å². The van der Waals surface area contributed by atoms with Crippen molar-refractivity contribution in [2.45, 2.75) is 19.5 Å². The Morgan fingerprint density at radius 1 is 1.10 bits per heavy atom. The Kier molecular flexibility index (Phi) is 5.62. The highest BCUT2D eigenvalue weighted by atomic mass is 32.1. The quantitative estimate of drug-likeness (QED) is 0.316. The molecule has 0 saturated heterocycles. The number of hydrogen-bond donors (Lipinski definition) is 0. The van der Waals surface area contributed by atoms with Crippen molar-refractivity contribution in [3.8, 4) is 10.6 Å². The minimum atomic E-state index is -4.36. The Labute approximate surface area is 178 Å². The van der Waals surface area contributed by atoms with Gasteiger partial charge in [0.05, 0.1) is 18.4 Å². The fourth-order valence-electron chi connectivity index (χ4n) is 3.13. The van der Waals surface area contributed by atoms with E-state index in [1.54, 1.807) is 13.0 Å². The lowest BCUT2D eigenvalue weighted by Gasteiger charge is -2.08. The molecule has 0 atom stereocenters.